The predicted molar refractivity (Wildman–Crippen MR) is 71.9 cm³/mol. The number of hydrogen-bond donors (Lipinski definition) is 1. The van der Waals surface area contributed by atoms with Gasteiger partial charge in [0.05, 0.1) is 0 Å². The zero-order valence-electron chi connectivity index (χ0n) is 11.4. The Balaban J connectivity index is 1.72. The van der Waals surface area contributed by atoms with E-state index in [1.54, 1.807) is 6.07 Å². The van der Waals surface area contributed by atoms with E-state index in [-0.39, 0.29) is 5.41 Å². The lowest BCUT2D eigenvalue weighted by molar-refractivity contribution is 0.252. The van der Waals surface area contributed by atoms with Crippen molar-refractivity contribution >= 4 is 0 Å². The average Bonchev–Trinajstić information content (AvgIpc) is 3.24. The van der Waals surface area contributed by atoms with E-state index in [4.69, 9.17) is 0 Å². The van der Waals surface area contributed by atoms with Crippen LogP contribution in [0.4, 0.5) is 8.78 Å². The van der Waals surface area contributed by atoms with Crippen LogP contribution in [0.5, 0.6) is 0 Å². The lowest BCUT2D eigenvalue weighted by Crippen LogP contribution is -2.36. The first-order chi connectivity index (χ1) is 9.07. The molecule has 0 bridgehead atoms. The fraction of sp³-hybridized carbons (Fsp3) is 0.625. The van der Waals surface area contributed by atoms with Crippen LogP contribution in [-0.2, 0) is 6.42 Å². The minimum Gasteiger partial charge on any atom is -0.313 e. The molecule has 0 heterocycles. The Kier molecular flexibility index (Phi) is 3.34. The van der Waals surface area contributed by atoms with Gasteiger partial charge in [-0.3, -0.25) is 0 Å². The molecule has 2 fully saturated rings. The first kappa shape index (κ1) is 13.0. The van der Waals surface area contributed by atoms with Crippen LogP contribution in [0.15, 0.2) is 18.2 Å². The molecule has 1 aromatic carbocycles. The van der Waals surface area contributed by atoms with E-state index in [9.17, 15) is 8.78 Å². The molecule has 0 amide bonds. The maximum absolute atomic E-state index is 13.8. The molecule has 104 valence electrons. The molecule has 1 aromatic rings. The van der Waals surface area contributed by atoms with Gasteiger partial charge in [0.25, 0.3) is 0 Å². The summed E-state index contributed by atoms with van der Waals surface area (Å²) in [4.78, 5) is 0. The molecule has 3 heteroatoms. The Labute approximate surface area is 113 Å². The van der Waals surface area contributed by atoms with Crippen molar-refractivity contribution in [2.45, 2.75) is 45.1 Å². The normalized spacial score (nSPS) is 22.3. The van der Waals surface area contributed by atoms with Gasteiger partial charge in [-0.25, -0.2) is 8.78 Å². The van der Waals surface area contributed by atoms with E-state index in [0.717, 1.165) is 12.6 Å². The zero-order valence-corrected chi connectivity index (χ0v) is 11.4. The molecule has 19 heavy (non-hydrogen) atoms. The van der Waals surface area contributed by atoms with Crippen LogP contribution < -0.4 is 5.32 Å². The van der Waals surface area contributed by atoms with Crippen LogP contribution >= 0.6 is 0 Å². The van der Waals surface area contributed by atoms with Gasteiger partial charge in [0, 0.05) is 18.7 Å². The summed E-state index contributed by atoms with van der Waals surface area (Å²) in [5, 5.41) is 3.57. The number of benzene rings is 1. The van der Waals surface area contributed by atoms with Crippen LogP contribution in [-0.4, -0.2) is 12.6 Å². The topological polar surface area (TPSA) is 12.0 Å². The number of hydrogen-bond acceptors (Lipinski definition) is 1. The minimum absolute atomic E-state index is 0.0985. The summed E-state index contributed by atoms with van der Waals surface area (Å²) in [7, 11) is 0. The Morgan fingerprint density at radius 2 is 1.95 bits per heavy atom. The van der Waals surface area contributed by atoms with E-state index in [1.807, 2.05) is 0 Å². The van der Waals surface area contributed by atoms with E-state index >= 15 is 0 Å². The Morgan fingerprint density at radius 3 is 2.53 bits per heavy atom. The molecule has 2 saturated carbocycles. The average molecular weight is 265 g/mol. The second-order valence-electron chi connectivity index (χ2n) is 6.50. The molecule has 2 aliphatic carbocycles. The molecule has 0 spiro atoms. The summed E-state index contributed by atoms with van der Waals surface area (Å²) in [5.74, 6) is -0.216. The summed E-state index contributed by atoms with van der Waals surface area (Å²) in [6, 6.07) is 4.63. The van der Waals surface area contributed by atoms with Gasteiger partial charge in [-0.2, -0.15) is 0 Å². The SMILES string of the molecule is CC(CNC1CC1)(Cc1ccc(F)cc1F)C1CC1. The molecule has 2 aliphatic rings. The summed E-state index contributed by atoms with van der Waals surface area (Å²) in [6.07, 6.45) is 5.72. The molecule has 0 aliphatic heterocycles. The Hall–Kier alpha value is -0.960. The van der Waals surface area contributed by atoms with Crippen LogP contribution in [0, 0.1) is 23.0 Å². The number of rotatable bonds is 6. The quantitative estimate of drug-likeness (QED) is 0.827. The molecule has 0 saturated heterocycles. The van der Waals surface area contributed by atoms with Gasteiger partial charge in [-0.1, -0.05) is 13.0 Å². The largest absolute Gasteiger partial charge is 0.313 e. The third-order valence-electron chi connectivity index (χ3n) is 4.54. The Morgan fingerprint density at radius 1 is 1.21 bits per heavy atom. The van der Waals surface area contributed by atoms with Crippen molar-refractivity contribution in [3.05, 3.63) is 35.4 Å². The molecule has 1 atom stereocenters. The third kappa shape index (κ3) is 3.14. The highest BCUT2D eigenvalue weighted by Crippen LogP contribution is 2.47. The molecule has 1 nitrogen and oxygen atoms in total. The van der Waals surface area contributed by atoms with Gasteiger partial charge in [0.15, 0.2) is 0 Å². The zero-order chi connectivity index (χ0) is 13.5. The van der Waals surface area contributed by atoms with E-state index in [0.29, 0.717) is 23.9 Å². The molecule has 1 N–H and O–H groups in total. The summed E-state index contributed by atoms with van der Waals surface area (Å²) < 4.78 is 26.8. The van der Waals surface area contributed by atoms with Gasteiger partial charge in [0.2, 0.25) is 0 Å². The minimum atomic E-state index is -0.495. The van der Waals surface area contributed by atoms with Crippen molar-refractivity contribution in [1.82, 2.24) is 5.32 Å². The Bertz CT molecular complexity index is 466. The van der Waals surface area contributed by atoms with Crippen molar-refractivity contribution in [1.29, 1.82) is 0 Å². The predicted octanol–water partition coefficient (Wildman–Crippen LogP) is 3.68. The summed E-state index contributed by atoms with van der Waals surface area (Å²) >= 11 is 0. The fourth-order valence-corrected chi connectivity index (χ4v) is 2.90. The molecule has 3 rings (SSSR count). The van der Waals surface area contributed by atoms with Gasteiger partial charge in [-0.05, 0) is 55.1 Å². The number of halogens is 2. The third-order valence-corrected chi connectivity index (χ3v) is 4.54. The van der Waals surface area contributed by atoms with Gasteiger partial charge in [0.1, 0.15) is 11.6 Å². The van der Waals surface area contributed by atoms with Gasteiger partial charge < -0.3 is 5.32 Å². The van der Waals surface area contributed by atoms with Crippen LogP contribution in [0.2, 0.25) is 0 Å². The highest BCUT2D eigenvalue weighted by atomic mass is 19.1. The molecular weight excluding hydrogens is 244 g/mol. The fourth-order valence-electron chi connectivity index (χ4n) is 2.90. The second-order valence-corrected chi connectivity index (χ2v) is 6.50. The summed E-state index contributed by atoms with van der Waals surface area (Å²) in [5.41, 5.74) is 0.745. The maximum atomic E-state index is 13.8. The molecular formula is C16H21F2N. The maximum Gasteiger partial charge on any atom is 0.129 e. The lowest BCUT2D eigenvalue weighted by Gasteiger charge is -2.30. The number of nitrogens with one attached hydrogen (secondary N) is 1. The van der Waals surface area contributed by atoms with E-state index < -0.39 is 11.6 Å². The molecule has 0 aromatic heterocycles. The molecule has 0 radical (unpaired) electrons. The monoisotopic (exact) mass is 265 g/mol. The highest BCUT2D eigenvalue weighted by molar-refractivity contribution is 5.21. The van der Waals surface area contributed by atoms with E-state index in [2.05, 4.69) is 12.2 Å². The van der Waals surface area contributed by atoms with Crippen LogP contribution in [0.3, 0.4) is 0 Å². The van der Waals surface area contributed by atoms with Crippen molar-refractivity contribution in [2.24, 2.45) is 11.3 Å². The standard InChI is InChI=1S/C16H21F2N/c1-16(12-3-4-12,10-19-14-6-7-14)9-11-2-5-13(17)8-15(11)18/h2,5,8,12,14,19H,3-4,6-7,9-10H2,1H3. The van der Waals surface area contributed by atoms with Crippen LogP contribution in [0.1, 0.15) is 38.2 Å². The van der Waals surface area contributed by atoms with Crippen molar-refractivity contribution in [2.75, 3.05) is 6.54 Å². The first-order valence-electron chi connectivity index (χ1n) is 7.24. The van der Waals surface area contributed by atoms with Crippen molar-refractivity contribution in [3.63, 3.8) is 0 Å². The summed E-state index contributed by atoms with van der Waals surface area (Å²) in [6.45, 7) is 3.18. The van der Waals surface area contributed by atoms with Gasteiger partial charge in [-0.15, -0.1) is 0 Å². The van der Waals surface area contributed by atoms with Gasteiger partial charge >= 0.3 is 0 Å². The van der Waals surface area contributed by atoms with Crippen LogP contribution in [0.25, 0.3) is 0 Å². The first-order valence-corrected chi connectivity index (χ1v) is 7.24. The lowest BCUT2D eigenvalue weighted by atomic mass is 9.78. The van der Waals surface area contributed by atoms with Crippen molar-refractivity contribution < 1.29 is 8.78 Å². The molecule has 1 unspecified atom stereocenters. The highest BCUT2D eigenvalue weighted by Gasteiger charge is 2.42. The van der Waals surface area contributed by atoms with Crippen molar-refractivity contribution in [3.8, 4) is 0 Å². The second kappa shape index (κ2) is 4.86. The van der Waals surface area contributed by atoms with E-state index in [1.165, 1.54) is 31.7 Å². The smallest absolute Gasteiger partial charge is 0.129 e.